The van der Waals surface area contributed by atoms with E-state index in [0.29, 0.717) is 35.5 Å². The summed E-state index contributed by atoms with van der Waals surface area (Å²) < 4.78 is 3.56. The summed E-state index contributed by atoms with van der Waals surface area (Å²) in [6.07, 6.45) is 3.74. The lowest BCUT2D eigenvalue weighted by atomic mass is 10.2. The standard InChI is InChI=1S/C18H20ClN5O/c1-13(2)11-20-17(25)16-18(23-9-3-4-10-23)24(22-21-16)12-14-5-7-15(19)8-6-14/h3-10,13H,11-12H2,1-2H3,(H,20,25). The maximum absolute atomic E-state index is 12.5. The molecular formula is C18H20ClN5O. The second kappa shape index (κ2) is 7.53. The third-order valence-corrected chi connectivity index (χ3v) is 3.94. The first kappa shape index (κ1) is 17.2. The quantitative estimate of drug-likeness (QED) is 0.737. The molecule has 0 saturated heterocycles. The monoisotopic (exact) mass is 357 g/mol. The average Bonchev–Trinajstić information content (AvgIpc) is 3.24. The third-order valence-electron chi connectivity index (χ3n) is 3.69. The van der Waals surface area contributed by atoms with Crippen molar-refractivity contribution in [3.05, 3.63) is 65.1 Å². The van der Waals surface area contributed by atoms with E-state index in [1.165, 1.54) is 0 Å². The van der Waals surface area contributed by atoms with E-state index < -0.39 is 0 Å². The van der Waals surface area contributed by atoms with Crippen LogP contribution in [0.3, 0.4) is 0 Å². The van der Waals surface area contributed by atoms with Crippen molar-refractivity contribution < 1.29 is 4.79 Å². The molecule has 25 heavy (non-hydrogen) atoms. The van der Waals surface area contributed by atoms with Crippen LogP contribution in [0.25, 0.3) is 5.82 Å². The van der Waals surface area contributed by atoms with Gasteiger partial charge in [-0.25, -0.2) is 4.68 Å². The van der Waals surface area contributed by atoms with Gasteiger partial charge in [0.2, 0.25) is 0 Å². The molecule has 0 atom stereocenters. The van der Waals surface area contributed by atoms with Gasteiger partial charge in [-0.2, -0.15) is 0 Å². The van der Waals surface area contributed by atoms with Gasteiger partial charge in [0.1, 0.15) is 0 Å². The SMILES string of the molecule is CC(C)CNC(=O)c1nnn(Cc2ccc(Cl)cc2)c1-n1cccc1. The smallest absolute Gasteiger partial charge is 0.275 e. The number of hydrogen-bond donors (Lipinski definition) is 1. The molecule has 2 heterocycles. The Kier molecular flexibility index (Phi) is 5.19. The number of halogens is 1. The Balaban J connectivity index is 1.93. The highest BCUT2D eigenvalue weighted by molar-refractivity contribution is 6.30. The summed E-state index contributed by atoms with van der Waals surface area (Å²) in [7, 11) is 0. The van der Waals surface area contributed by atoms with Gasteiger partial charge < -0.3 is 9.88 Å². The Labute approximate surface area is 151 Å². The highest BCUT2D eigenvalue weighted by atomic mass is 35.5. The second-order valence-corrected chi connectivity index (χ2v) is 6.68. The summed E-state index contributed by atoms with van der Waals surface area (Å²) >= 11 is 5.94. The molecule has 3 rings (SSSR count). The van der Waals surface area contributed by atoms with Gasteiger partial charge in [-0.15, -0.1) is 5.10 Å². The lowest BCUT2D eigenvalue weighted by Gasteiger charge is -2.10. The molecule has 1 N–H and O–H groups in total. The first-order valence-electron chi connectivity index (χ1n) is 8.14. The van der Waals surface area contributed by atoms with E-state index in [1.807, 2.05) is 67.2 Å². The Morgan fingerprint density at radius 1 is 1.20 bits per heavy atom. The molecule has 7 heteroatoms. The fraction of sp³-hybridized carbons (Fsp3) is 0.278. The molecule has 0 aliphatic rings. The van der Waals surface area contributed by atoms with Gasteiger partial charge in [-0.05, 0) is 35.7 Å². The number of benzene rings is 1. The van der Waals surface area contributed by atoms with E-state index in [0.717, 1.165) is 5.56 Å². The largest absolute Gasteiger partial charge is 0.350 e. The first-order valence-corrected chi connectivity index (χ1v) is 8.52. The molecule has 130 valence electrons. The lowest BCUT2D eigenvalue weighted by molar-refractivity contribution is 0.0944. The summed E-state index contributed by atoms with van der Waals surface area (Å²) in [6, 6.07) is 11.3. The van der Waals surface area contributed by atoms with E-state index in [9.17, 15) is 4.79 Å². The van der Waals surface area contributed by atoms with E-state index in [4.69, 9.17) is 11.6 Å². The van der Waals surface area contributed by atoms with Crippen LogP contribution >= 0.6 is 11.6 Å². The zero-order chi connectivity index (χ0) is 17.8. The minimum atomic E-state index is -0.222. The molecule has 2 aromatic heterocycles. The number of amides is 1. The molecule has 0 radical (unpaired) electrons. The third kappa shape index (κ3) is 4.09. The van der Waals surface area contributed by atoms with Gasteiger partial charge in [0, 0.05) is 24.0 Å². The molecule has 0 aliphatic carbocycles. The van der Waals surface area contributed by atoms with Crippen molar-refractivity contribution in [3.63, 3.8) is 0 Å². The molecule has 1 aromatic carbocycles. The first-order chi connectivity index (χ1) is 12.0. The minimum absolute atomic E-state index is 0.222. The summed E-state index contributed by atoms with van der Waals surface area (Å²) in [5, 5.41) is 11.9. The van der Waals surface area contributed by atoms with Crippen LogP contribution in [0, 0.1) is 5.92 Å². The maximum atomic E-state index is 12.5. The number of carbonyl (C=O) groups is 1. The van der Waals surface area contributed by atoms with E-state index in [1.54, 1.807) is 4.68 Å². The molecule has 6 nitrogen and oxygen atoms in total. The van der Waals surface area contributed by atoms with Crippen LogP contribution in [-0.2, 0) is 6.54 Å². The topological polar surface area (TPSA) is 64.7 Å². The molecule has 0 bridgehead atoms. The Morgan fingerprint density at radius 3 is 2.52 bits per heavy atom. The fourth-order valence-corrected chi connectivity index (χ4v) is 2.56. The van der Waals surface area contributed by atoms with Crippen molar-refractivity contribution in [3.8, 4) is 5.82 Å². The highest BCUT2D eigenvalue weighted by Gasteiger charge is 2.21. The highest BCUT2D eigenvalue weighted by Crippen LogP contribution is 2.16. The predicted octanol–water partition coefficient (Wildman–Crippen LogP) is 3.16. The van der Waals surface area contributed by atoms with Gasteiger partial charge in [-0.1, -0.05) is 42.8 Å². The second-order valence-electron chi connectivity index (χ2n) is 6.24. The molecule has 0 unspecified atom stereocenters. The van der Waals surface area contributed by atoms with Crippen LogP contribution in [0.4, 0.5) is 0 Å². The van der Waals surface area contributed by atoms with E-state index in [2.05, 4.69) is 15.6 Å². The molecule has 0 saturated carbocycles. The van der Waals surface area contributed by atoms with Crippen molar-refractivity contribution in [1.29, 1.82) is 0 Å². The van der Waals surface area contributed by atoms with E-state index >= 15 is 0 Å². The summed E-state index contributed by atoms with van der Waals surface area (Å²) in [6.45, 7) is 5.18. The van der Waals surface area contributed by atoms with Crippen molar-refractivity contribution in [2.24, 2.45) is 5.92 Å². The molecule has 3 aromatic rings. The summed E-state index contributed by atoms with van der Waals surface area (Å²) in [5.74, 6) is 0.782. The predicted molar refractivity (Wildman–Crippen MR) is 97.1 cm³/mol. The van der Waals surface area contributed by atoms with Crippen LogP contribution < -0.4 is 5.32 Å². The zero-order valence-electron chi connectivity index (χ0n) is 14.2. The normalized spacial score (nSPS) is 11.0. The number of nitrogens with one attached hydrogen (secondary N) is 1. The summed E-state index contributed by atoms with van der Waals surface area (Å²) in [5.41, 5.74) is 1.34. The number of nitrogens with zero attached hydrogens (tertiary/aromatic N) is 4. The molecule has 0 fully saturated rings. The number of carbonyl (C=O) groups excluding carboxylic acids is 1. The Bertz CT molecular complexity index is 837. The molecule has 1 amide bonds. The number of aromatic nitrogens is 4. The molecule has 0 aliphatic heterocycles. The molecule has 0 spiro atoms. The van der Waals surface area contributed by atoms with Crippen LogP contribution in [0.15, 0.2) is 48.8 Å². The number of hydrogen-bond acceptors (Lipinski definition) is 3. The zero-order valence-corrected chi connectivity index (χ0v) is 14.9. The van der Waals surface area contributed by atoms with Crippen LogP contribution in [0.2, 0.25) is 5.02 Å². The number of rotatable bonds is 6. The van der Waals surface area contributed by atoms with Gasteiger partial charge in [0.15, 0.2) is 11.5 Å². The van der Waals surface area contributed by atoms with Gasteiger partial charge in [-0.3, -0.25) is 4.79 Å². The average molecular weight is 358 g/mol. The Hall–Kier alpha value is -2.60. The fourth-order valence-electron chi connectivity index (χ4n) is 2.44. The van der Waals surface area contributed by atoms with Crippen molar-refractivity contribution in [1.82, 2.24) is 24.9 Å². The van der Waals surface area contributed by atoms with Crippen molar-refractivity contribution in [2.75, 3.05) is 6.54 Å². The summed E-state index contributed by atoms with van der Waals surface area (Å²) in [4.78, 5) is 12.5. The van der Waals surface area contributed by atoms with Crippen LogP contribution in [0.5, 0.6) is 0 Å². The van der Waals surface area contributed by atoms with E-state index in [-0.39, 0.29) is 5.91 Å². The van der Waals surface area contributed by atoms with Gasteiger partial charge in [0.05, 0.1) is 6.54 Å². The molecular weight excluding hydrogens is 338 g/mol. The lowest BCUT2D eigenvalue weighted by Crippen LogP contribution is -2.28. The minimum Gasteiger partial charge on any atom is -0.350 e. The van der Waals surface area contributed by atoms with Crippen LogP contribution in [-0.4, -0.2) is 32.0 Å². The maximum Gasteiger partial charge on any atom is 0.275 e. The van der Waals surface area contributed by atoms with Gasteiger partial charge >= 0.3 is 0 Å². The van der Waals surface area contributed by atoms with Crippen molar-refractivity contribution >= 4 is 17.5 Å². The Morgan fingerprint density at radius 2 is 1.88 bits per heavy atom. The van der Waals surface area contributed by atoms with Crippen LogP contribution in [0.1, 0.15) is 29.9 Å². The van der Waals surface area contributed by atoms with Crippen molar-refractivity contribution in [2.45, 2.75) is 20.4 Å². The van der Waals surface area contributed by atoms with Gasteiger partial charge in [0.25, 0.3) is 5.91 Å².